The molecule has 0 aliphatic heterocycles. The quantitative estimate of drug-likeness (QED) is 0.500. The summed E-state index contributed by atoms with van der Waals surface area (Å²) in [7, 11) is 0. The largest absolute Gasteiger partial charge is 0.402 e. The third-order valence-electron chi connectivity index (χ3n) is 2.78. The first-order chi connectivity index (χ1) is 9.46. The Bertz CT molecular complexity index is 472. The lowest BCUT2D eigenvalue weighted by atomic mass is 9.92. The molecule has 0 amide bonds. The normalized spacial score (nSPS) is 14.6. The molecule has 0 aromatic heterocycles. The van der Waals surface area contributed by atoms with E-state index in [9.17, 15) is 30.7 Å². The molecule has 21 heavy (non-hydrogen) atoms. The van der Waals surface area contributed by atoms with E-state index in [1.54, 1.807) is 0 Å². The number of halogens is 8. The summed E-state index contributed by atoms with van der Waals surface area (Å²) in [5.41, 5.74) is 1.43. The SMILES string of the molecule is NNC(Cc1ccc(F)cc1Cl)C(C(F)(F)F)C(F)(F)F. The van der Waals surface area contributed by atoms with Gasteiger partial charge in [-0.05, 0) is 24.1 Å². The molecule has 0 radical (unpaired) electrons. The highest BCUT2D eigenvalue weighted by Gasteiger charge is 2.60. The molecule has 1 atom stereocenters. The van der Waals surface area contributed by atoms with Gasteiger partial charge in [0, 0.05) is 11.1 Å². The minimum atomic E-state index is -5.54. The summed E-state index contributed by atoms with van der Waals surface area (Å²) < 4.78 is 88.5. The monoisotopic (exact) mass is 338 g/mol. The minimum Gasteiger partial charge on any atom is -0.271 e. The molecule has 0 aliphatic rings. The smallest absolute Gasteiger partial charge is 0.271 e. The number of rotatable bonds is 4. The van der Waals surface area contributed by atoms with Crippen LogP contribution in [-0.2, 0) is 6.42 Å². The zero-order chi connectivity index (χ0) is 16.4. The predicted octanol–water partition coefficient (Wildman–Crippen LogP) is 3.59. The Labute approximate surface area is 120 Å². The molecule has 0 aliphatic carbocycles. The topological polar surface area (TPSA) is 38.0 Å². The van der Waals surface area contributed by atoms with E-state index < -0.39 is 36.6 Å². The first kappa shape index (κ1) is 18.0. The van der Waals surface area contributed by atoms with Crippen LogP contribution in [0.2, 0.25) is 5.02 Å². The average Bonchev–Trinajstić information content (AvgIpc) is 2.27. The van der Waals surface area contributed by atoms with Gasteiger partial charge in [-0.25, -0.2) is 4.39 Å². The van der Waals surface area contributed by atoms with E-state index >= 15 is 0 Å². The van der Waals surface area contributed by atoms with Gasteiger partial charge in [-0.1, -0.05) is 17.7 Å². The van der Waals surface area contributed by atoms with Crippen LogP contribution in [0.4, 0.5) is 30.7 Å². The number of hydrogen-bond acceptors (Lipinski definition) is 2. The second-order valence-electron chi connectivity index (χ2n) is 4.27. The van der Waals surface area contributed by atoms with Crippen molar-refractivity contribution < 1.29 is 30.7 Å². The summed E-state index contributed by atoms with van der Waals surface area (Å²) in [6.45, 7) is 0. The van der Waals surface area contributed by atoms with Crippen LogP contribution in [0, 0.1) is 11.7 Å². The fourth-order valence-corrected chi connectivity index (χ4v) is 2.08. The van der Waals surface area contributed by atoms with Gasteiger partial charge >= 0.3 is 12.4 Å². The Balaban J connectivity index is 3.10. The first-order valence-electron chi connectivity index (χ1n) is 5.50. The Kier molecular flexibility index (Phi) is 5.46. The maximum absolute atomic E-state index is 12.8. The van der Waals surface area contributed by atoms with Crippen LogP contribution in [0.5, 0.6) is 0 Å². The van der Waals surface area contributed by atoms with E-state index in [4.69, 9.17) is 17.4 Å². The van der Waals surface area contributed by atoms with E-state index in [0.717, 1.165) is 18.2 Å². The molecule has 10 heteroatoms. The van der Waals surface area contributed by atoms with Crippen LogP contribution in [0.15, 0.2) is 18.2 Å². The lowest BCUT2D eigenvalue weighted by Crippen LogP contribution is -2.54. The van der Waals surface area contributed by atoms with Crippen molar-refractivity contribution in [1.29, 1.82) is 0 Å². The molecule has 2 nitrogen and oxygen atoms in total. The maximum Gasteiger partial charge on any atom is 0.402 e. The molecule has 1 unspecified atom stereocenters. The third-order valence-corrected chi connectivity index (χ3v) is 3.13. The number of hydrogen-bond donors (Lipinski definition) is 2. The standard InChI is InChI=1S/C11H10ClF7N2/c12-7-4-6(13)2-1-5(7)3-8(21-20)9(10(14,15)16)11(17,18)19/h1-2,4,8-9,21H,3,20H2. The average molecular weight is 339 g/mol. The van der Waals surface area contributed by atoms with E-state index in [2.05, 4.69) is 0 Å². The molecule has 0 fully saturated rings. The van der Waals surface area contributed by atoms with Crippen molar-refractivity contribution in [1.82, 2.24) is 5.43 Å². The first-order valence-corrected chi connectivity index (χ1v) is 5.88. The minimum absolute atomic E-state index is 0.0838. The van der Waals surface area contributed by atoms with E-state index in [0.29, 0.717) is 0 Å². The summed E-state index contributed by atoms with van der Waals surface area (Å²) in [5, 5.41) is -0.279. The molecule has 1 aromatic carbocycles. The number of alkyl halides is 6. The van der Waals surface area contributed by atoms with E-state index in [-0.39, 0.29) is 10.6 Å². The van der Waals surface area contributed by atoms with Gasteiger partial charge in [0.25, 0.3) is 0 Å². The predicted molar refractivity (Wildman–Crippen MR) is 61.8 cm³/mol. The van der Waals surface area contributed by atoms with Crippen molar-refractivity contribution in [3.63, 3.8) is 0 Å². The molecule has 3 N–H and O–H groups in total. The van der Waals surface area contributed by atoms with Crippen molar-refractivity contribution in [3.05, 3.63) is 34.6 Å². The van der Waals surface area contributed by atoms with Crippen molar-refractivity contribution in [2.75, 3.05) is 0 Å². The van der Waals surface area contributed by atoms with Crippen LogP contribution < -0.4 is 11.3 Å². The molecule has 0 spiro atoms. The van der Waals surface area contributed by atoms with Gasteiger partial charge in [-0.2, -0.15) is 26.3 Å². The van der Waals surface area contributed by atoms with Crippen LogP contribution in [0.1, 0.15) is 5.56 Å². The van der Waals surface area contributed by atoms with Crippen LogP contribution in [0.3, 0.4) is 0 Å². The highest BCUT2D eigenvalue weighted by atomic mass is 35.5. The third kappa shape index (κ3) is 4.72. The fourth-order valence-electron chi connectivity index (χ4n) is 1.84. The molecule has 0 saturated heterocycles. The summed E-state index contributed by atoms with van der Waals surface area (Å²) in [6, 6.07) is 0.491. The van der Waals surface area contributed by atoms with Crippen LogP contribution in [-0.4, -0.2) is 18.4 Å². The summed E-state index contributed by atoms with van der Waals surface area (Å²) in [5.74, 6) is 0.397. The van der Waals surface area contributed by atoms with Crippen molar-refractivity contribution >= 4 is 11.6 Å². The number of hydrazine groups is 1. The van der Waals surface area contributed by atoms with Gasteiger partial charge in [0.2, 0.25) is 0 Å². The van der Waals surface area contributed by atoms with E-state index in [1.165, 1.54) is 5.43 Å². The van der Waals surface area contributed by atoms with Gasteiger partial charge in [0.05, 0.1) is 0 Å². The van der Waals surface area contributed by atoms with Crippen molar-refractivity contribution in [3.8, 4) is 0 Å². The molecular weight excluding hydrogens is 329 g/mol. The zero-order valence-corrected chi connectivity index (χ0v) is 11.0. The van der Waals surface area contributed by atoms with Crippen molar-refractivity contribution in [2.45, 2.75) is 24.8 Å². The highest BCUT2D eigenvalue weighted by molar-refractivity contribution is 6.31. The molecule has 0 heterocycles. The molecule has 0 bridgehead atoms. The Morgan fingerprint density at radius 2 is 1.62 bits per heavy atom. The van der Waals surface area contributed by atoms with Crippen LogP contribution >= 0.6 is 11.6 Å². The molecule has 1 rings (SSSR count). The Morgan fingerprint density at radius 3 is 2.00 bits per heavy atom. The summed E-state index contributed by atoms with van der Waals surface area (Å²) in [4.78, 5) is 0. The second kappa shape index (κ2) is 6.37. The fraction of sp³-hybridized carbons (Fsp3) is 0.455. The van der Waals surface area contributed by atoms with Gasteiger partial charge in [0.1, 0.15) is 5.82 Å². The van der Waals surface area contributed by atoms with Gasteiger partial charge < -0.3 is 0 Å². The van der Waals surface area contributed by atoms with Gasteiger partial charge in [-0.15, -0.1) is 0 Å². The molecule has 120 valence electrons. The molecular formula is C11H10ClF7N2. The summed E-state index contributed by atoms with van der Waals surface area (Å²) >= 11 is 5.59. The van der Waals surface area contributed by atoms with Crippen molar-refractivity contribution in [2.24, 2.45) is 11.8 Å². The molecule has 0 saturated carbocycles. The van der Waals surface area contributed by atoms with Crippen LogP contribution in [0.25, 0.3) is 0 Å². The van der Waals surface area contributed by atoms with Gasteiger partial charge in [0.15, 0.2) is 5.92 Å². The lowest BCUT2D eigenvalue weighted by Gasteiger charge is -2.30. The number of nitrogens with two attached hydrogens (primary N) is 1. The number of nitrogens with one attached hydrogen (secondary N) is 1. The van der Waals surface area contributed by atoms with E-state index in [1.807, 2.05) is 0 Å². The Hall–Kier alpha value is -1.06. The number of benzene rings is 1. The Morgan fingerprint density at radius 1 is 1.10 bits per heavy atom. The zero-order valence-electron chi connectivity index (χ0n) is 10.2. The molecule has 1 aromatic rings. The highest BCUT2D eigenvalue weighted by Crippen LogP contribution is 2.42. The lowest BCUT2D eigenvalue weighted by molar-refractivity contribution is -0.291. The second-order valence-corrected chi connectivity index (χ2v) is 4.68. The maximum atomic E-state index is 12.8. The van der Waals surface area contributed by atoms with Gasteiger partial charge in [-0.3, -0.25) is 11.3 Å². The summed E-state index contributed by atoms with van der Waals surface area (Å²) in [6.07, 6.45) is -11.8.